The first kappa shape index (κ1) is 14.0. The Morgan fingerprint density at radius 3 is 3.19 bits per heavy atom. The van der Waals surface area contributed by atoms with E-state index < -0.39 is 0 Å². The van der Waals surface area contributed by atoms with Gasteiger partial charge in [0.25, 0.3) is 0 Å². The predicted molar refractivity (Wildman–Crippen MR) is 85.1 cm³/mol. The van der Waals surface area contributed by atoms with E-state index in [1.807, 2.05) is 17.5 Å². The zero-order chi connectivity index (χ0) is 14.8. The molecule has 0 aliphatic carbocycles. The summed E-state index contributed by atoms with van der Waals surface area (Å²) in [5.41, 5.74) is 10.5. The minimum absolute atomic E-state index is 0.0874. The second-order valence-electron chi connectivity index (χ2n) is 5.27. The first-order valence-electron chi connectivity index (χ1n) is 6.92. The van der Waals surface area contributed by atoms with Crippen LogP contribution in [0.1, 0.15) is 23.7 Å². The third-order valence-corrected chi connectivity index (χ3v) is 4.42. The summed E-state index contributed by atoms with van der Waals surface area (Å²) in [5.74, 6) is -0.0874. The number of nitrogens with one attached hydrogen (secondary N) is 1. The summed E-state index contributed by atoms with van der Waals surface area (Å²) in [6.45, 7) is 4.13. The van der Waals surface area contributed by atoms with Crippen molar-refractivity contribution in [1.29, 1.82) is 0 Å². The van der Waals surface area contributed by atoms with Gasteiger partial charge < -0.3 is 11.1 Å². The summed E-state index contributed by atoms with van der Waals surface area (Å²) < 4.78 is 0. The Morgan fingerprint density at radius 1 is 1.52 bits per heavy atom. The van der Waals surface area contributed by atoms with Gasteiger partial charge in [-0.1, -0.05) is 12.1 Å². The lowest BCUT2D eigenvalue weighted by Gasteiger charge is -2.29. The molecule has 0 saturated carbocycles. The Hall–Kier alpha value is -1.92. The number of fused-ring (bicyclic) bond motifs is 1. The van der Waals surface area contributed by atoms with E-state index >= 15 is 0 Å². The summed E-state index contributed by atoms with van der Waals surface area (Å²) in [7, 11) is 0. The number of nitrogens with two attached hydrogens (primary N) is 1. The maximum atomic E-state index is 11.0. The van der Waals surface area contributed by atoms with E-state index in [2.05, 4.69) is 21.3 Å². The summed E-state index contributed by atoms with van der Waals surface area (Å²) in [6, 6.07) is 6.13. The van der Waals surface area contributed by atoms with Crippen molar-refractivity contribution in [2.24, 2.45) is 0 Å². The highest BCUT2D eigenvalue weighted by Crippen LogP contribution is 2.26. The first-order chi connectivity index (χ1) is 10.1. The van der Waals surface area contributed by atoms with Crippen LogP contribution < -0.4 is 11.1 Å². The van der Waals surface area contributed by atoms with Crippen LogP contribution in [-0.4, -0.2) is 22.3 Å². The monoisotopic (exact) mass is 302 g/mol. The quantitative estimate of drug-likeness (QED) is 0.853. The Kier molecular flexibility index (Phi) is 3.90. The molecule has 5 nitrogen and oxygen atoms in total. The van der Waals surface area contributed by atoms with E-state index in [1.165, 1.54) is 29.4 Å². The average Bonchev–Trinajstić information content (AvgIpc) is 2.86. The Labute approximate surface area is 127 Å². The second-order valence-corrected chi connectivity index (χ2v) is 6.13. The molecule has 0 unspecified atom stereocenters. The molecule has 1 aromatic carbocycles. The van der Waals surface area contributed by atoms with Crippen LogP contribution in [0.4, 0.5) is 10.8 Å². The fourth-order valence-corrected chi connectivity index (χ4v) is 3.36. The highest BCUT2D eigenvalue weighted by atomic mass is 32.1. The molecular weight excluding hydrogens is 284 g/mol. The predicted octanol–water partition coefficient (Wildman–Crippen LogP) is 2.24. The summed E-state index contributed by atoms with van der Waals surface area (Å²) in [6.07, 6.45) is 1.02. The van der Waals surface area contributed by atoms with E-state index in [9.17, 15) is 4.79 Å². The van der Waals surface area contributed by atoms with Crippen LogP contribution in [0.3, 0.4) is 0 Å². The molecule has 6 heteroatoms. The van der Waals surface area contributed by atoms with Gasteiger partial charge in [0.05, 0.1) is 5.69 Å². The largest absolute Gasteiger partial charge is 0.398 e. The van der Waals surface area contributed by atoms with Crippen molar-refractivity contribution in [1.82, 2.24) is 9.88 Å². The molecule has 2 heterocycles. The Morgan fingerprint density at radius 2 is 2.38 bits per heavy atom. The standard InChI is InChI=1S/C15H18N4OS/c1-10(20)17-15-18-12(9-21-15)7-19-6-5-11-3-2-4-14(16)13(11)8-19/h2-4,9H,5-8,16H2,1H3,(H,17,18,20). The number of amides is 1. The lowest BCUT2D eigenvalue weighted by Crippen LogP contribution is -2.30. The van der Waals surface area contributed by atoms with E-state index in [0.717, 1.165) is 37.4 Å². The minimum Gasteiger partial charge on any atom is -0.398 e. The SMILES string of the molecule is CC(=O)Nc1nc(CN2CCc3cccc(N)c3C2)cs1. The molecule has 1 amide bonds. The van der Waals surface area contributed by atoms with Crippen LogP contribution in [0, 0.1) is 0 Å². The van der Waals surface area contributed by atoms with E-state index in [-0.39, 0.29) is 5.91 Å². The molecular formula is C15H18N4OS. The lowest BCUT2D eigenvalue weighted by atomic mass is 9.98. The van der Waals surface area contributed by atoms with Gasteiger partial charge in [-0.05, 0) is 23.6 Å². The van der Waals surface area contributed by atoms with Gasteiger partial charge in [-0.25, -0.2) is 4.98 Å². The third-order valence-electron chi connectivity index (χ3n) is 3.61. The van der Waals surface area contributed by atoms with Crippen LogP contribution >= 0.6 is 11.3 Å². The van der Waals surface area contributed by atoms with Gasteiger partial charge in [0.15, 0.2) is 5.13 Å². The van der Waals surface area contributed by atoms with Gasteiger partial charge in [-0.15, -0.1) is 11.3 Å². The van der Waals surface area contributed by atoms with Gasteiger partial charge >= 0.3 is 0 Å². The molecule has 0 saturated heterocycles. The van der Waals surface area contributed by atoms with Crippen LogP contribution in [0.25, 0.3) is 0 Å². The van der Waals surface area contributed by atoms with Crippen molar-refractivity contribution in [3.8, 4) is 0 Å². The van der Waals surface area contributed by atoms with Gasteiger partial charge in [-0.2, -0.15) is 0 Å². The van der Waals surface area contributed by atoms with Gasteiger partial charge in [0.2, 0.25) is 5.91 Å². The molecule has 1 aromatic heterocycles. The molecule has 21 heavy (non-hydrogen) atoms. The van der Waals surface area contributed by atoms with Gasteiger partial charge in [0.1, 0.15) is 0 Å². The van der Waals surface area contributed by atoms with Crippen molar-refractivity contribution >= 4 is 28.1 Å². The molecule has 3 N–H and O–H groups in total. The molecule has 0 fully saturated rings. The number of nitrogen functional groups attached to an aromatic ring is 1. The van der Waals surface area contributed by atoms with Gasteiger partial charge in [-0.3, -0.25) is 9.69 Å². The smallest absolute Gasteiger partial charge is 0.223 e. The maximum Gasteiger partial charge on any atom is 0.223 e. The highest BCUT2D eigenvalue weighted by molar-refractivity contribution is 7.13. The lowest BCUT2D eigenvalue weighted by molar-refractivity contribution is -0.114. The third kappa shape index (κ3) is 3.22. The molecule has 0 spiro atoms. The molecule has 3 rings (SSSR count). The first-order valence-corrected chi connectivity index (χ1v) is 7.80. The molecule has 1 aliphatic rings. The summed E-state index contributed by atoms with van der Waals surface area (Å²) in [5, 5.41) is 5.37. The van der Waals surface area contributed by atoms with Crippen molar-refractivity contribution in [3.63, 3.8) is 0 Å². The van der Waals surface area contributed by atoms with Crippen molar-refractivity contribution in [2.75, 3.05) is 17.6 Å². The Balaban J connectivity index is 1.68. The fraction of sp³-hybridized carbons (Fsp3) is 0.333. The van der Waals surface area contributed by atoms with Crippen LogP contribution in [-0.2, 0) is 24.3 Å². The zero-order valence-electron chi connectivity index (χ0n) is 11.9. The number of nitrogens with zero attached hydrogens (tertiary/aromatic N) is 2. The number of carbonyl (C=O) groups excluding carboxylic acids is 1. The molecule has 110 valence electrons. The zero-order valence-corrected chi connectivity index (χ0v) is 12.7. The number of carbonyl (C=O) groups is 1. The molecule has 0 radical (unpaired) electrons. The average molecular weight is 302 g/mol. The topological polar surface area (TPSA) is 71.2 Å². The molecule has 0 bridgehead atoms. The summed E-state index contributed by atoms with van der Waals surface area (Å²) >= 11 is 1.46. The van der Waals surface area contributed by atoms with E-state index in [1.54, 1.807) is 0 Å². The van der Waals surface area contributed by atoms with Crippen LogP contribution in [0.5, 0.6) is 0 Å². The highest BCUT2D eigenvalue weighted by Gasteiger charge is 2.19. The molecule has 1 aliphatic heterocycles. The summed E-state index contributed by atoms with van der Waals surface area (Å²) in [4.78, 5) is 17.8. The number of rotatable bonds is 3. The maximum absolute atomic E-state index is 11.0. The number of hydrogen-bond donors (Lipinski definition) is 2. The van der Waals surface area contributed by atoms with Crippen LogP contribution in [0.2, 0.25) is 0 Å². The number of thiazole rings is 1. The fourth-order valence-electron chi connectivity index (χ4n) is 2.61. The van der Waals surface area contributed by atoms with E-state index in [0.29, 0.717) is 5.13 Å². The normalized spacial score (nSPS) is 14.7. The van der Waals surface area contributed by atoms with Gasteiger partial charge in [0, 0.05) is 37.6 Å². The minimum atomic E-state index is -0.0874. The van der Waals surface area contributed by atoms with Crippen molar-refractivity contribution in [2.45, 2.75) is 26.4 Å². The van der Waals surface area contributed by atoms with E-state index in [4.69, 9.17) is 5.73 Å². The molecule has 2 aromatic rings. The van der Waals surface area contributed by atoms with Crippen molar-refractivity contribution < 1.29 is 4.79 Å². The number of hydrogen-bond acceptors (Lipinski definition) is 5. The molecule has 0 atom stereocenters. The Bertz CT molecular complexity index is 667. The number of aromatic nitrogens is 1. The van der Waals surface area contributed by atoms with Crippen molar-refractivity contribution in [3.05, 3.63) is 40.4 Å². The second kappa shape index (κ2) is 5.83. The number of anilines is 2. The number of benzene rings is 1. The van der Waals surface area contributed by atoms with Crippen LogP contribution in [0.15, 0.2) is 23.6 Å².